The van der Waals surface area contributed by atoms with Crippen molar-refractivity contribution in [3.05, 3.63) is 66.0 Å². The molecule has 0 saturated carbocycles. The normalized spacial score (nSPS) is 16.0. The van der Waals surface area contributed by atoms with E-state index in [1.807, 2.05) is 35.9 Å². The molecule has 4 rings (SSSR count). The quantitative estimate of drug-likeness (QED) is 0.783. The second kappa shape index (κ2) is 6.95. The summed E-state index contributed by atoms with van der Waals surface area (Å²) in [6.07, 6.45) is 4.77. The second-order valence-corrected chi connectivity index (χ2v) is 6.37. The number of benzene rings is 1. The molecule has 0 aliphatic carbocycles. The largest absolute Gasteiger partial charge is 0.456 e. The molecule has 132 valence electrons. The van der Waals surface area contributed by atoms with Gasteiger partial charge in [0.1, 0.15) is 29.3 Å². The summed E-state index contributed by atoms with van der Waals surface area (Å²) in [6, 6.07) is 11.2. The molecule has 3 aromatic rings. The van der Waals surface area contributed by atoms with Gasteiger partial charge in [0.25, 0.3) is 5.91 Å². The summed E-state index contributed by atoms with van der Waals surface area (Å²) in [5.41, 5.74) is 1.49. The highest BCUT2D eigenvalue weighted by atomic mass is 16.5. The molecule has 1 aliphatic rings. The Morgan fingerprint density at radius 2 is 2.15 bits per heavy atom. The van der Waals surface area contributed by atoms with Crippen molar-refractivity contribution in [1.82, 2.24) is 25.1 Å². The Hall–Kier alpha value is -3.22. The summed E-state index contributed by atoms with van der Waals surface area (Å²) in [7, 11) is 0. The van der Waals surface area contributed by atoms with Gasteiger partial charge in [0.15, 0.2) is 0 Å². The molecule has 1 atom stereocenters. The van der Waals surface area contributed by atoms with Gasteiger partial charge in [-0.2, -0.15) is 5.10 Å². The average molecular weight is 349 g/mol. The van der Waals surface area contributed by atoms with E-state index in [2.05, 4.69) is 20.4 Å². The van der Waals surface area contributed by atoms with Crippen LogP contribution in [-0.2, 0) is 13.0 Å². The molecule has 7 nitrogen and oxygen atoms in total. The number of aromatic nitrogens is 4. The summed E-state index contributed by atoms with van der Waals surface area (Å²) in [5, 5.41) is 7.18. The van der Waals surface area contributed by atoms with E-state index in [1.165, 1.54) is 0 Å². The lowest BCUT2D eigenvalue weighted by molar-refractivity contribution is 0.0921. The zero-order valence-electron chi connectivity index (χ0n) is 14.4. The van der Waals surface area contributed by atoms with Crippen LogP contribution in [0.3, 0.4) is 0 Å². The van der Waals surface area contributed by atoms with E-state index >= 15 is 0 Å². The lowest BCUT2D eigenvalue weighted by Crippen LogP contribution is -2.41. The minimum Gasteiger partial charge on any atom is -0.456 e. The van der Waals surface area contributed by atoms with E-state index in [-0.39, 0.29) is 11.9 Å². The number of nitrogens with zero attached hydrogens (tertiary/aromatic N) is 4. The van der Waals surface area contributed by atoms with Crippen LogP contribution in [0.4, 0.5) is 0 Å². The lowest BCUT2D eigenvalue weighted by Gasteiger charge is -2.23. The van der Waals surface area contributed by atoms with Gasteiger partial charge in [-0.1, -0.05) is 12.1 Å². The standard InChI is InChI=1S/C19H19N5O2/c1-13-3-2-4-15(9-13)26-16-6-7-17(20-10-16)19(25)23-14-5-8-18-21-12-22-24(18)11-14/h2-4,6-7,9-10,12,14H,5,8,11H2,1H3,(H,23,25). The van der Waals surface area contributed by atoms with E-state index in [1.54, 1.807) is 24.7 Å². The van der Waals surface area contributed by atoms with Crippen molar-refractivity contribution in [3.8, 4) is 11.5 Å². The first kappa shape index (κ1) is 16.3. The molecule has 0 fully saturated rings. The smallest absolute Gasteiger partial charge is 0.270 e. The highest BCUT2D eigenvalue weighted by molar-refractivity contribution is 5.92. The van der Waals surface area contributed by atoms with Crippen LogP contribution in [0.15, 0.2) is 48.9 Å². The van der Waals surface area contributed by atoms with Crippen LogP contribution in [0.5, 0.6) is 11.5 Å². The number of ether oxygens (including phenoxy) is 1. The third kappa shape index (κ3) is 3.56. The first-order valence-electron chi connectivity index (χ1n) is 8.55. The zero-order valence-corrected chi connectivity index (χ0v) is 14.4. The average Bonchev–Trinajstić information content (AvgIpc) is 3.10. The topological polar surface area (TPSA) is 81.9 Å². The number of rotatable bonds is 4. The molecule has 1 aliphatic heterocycles. The van der Waals surface area contributed by atoms with Gasteiger partial charge in [-0.05, 0) is 43.2 Å². The molecule has 0 radical (unpaired) electrons. The highest BCUT2D eigenvalue weighted by Gasteiger charge is 2.22. The zero-order chi connectivity index (χ0) is 17.9. The number of nitrogens with one attached hydrogen (secondary N) is 1. The third-order valence-corrected chi connectivity index (χ3v) is 4.33. The monoisotopic (exact) mass is 349 g/mol. The number of hydrogen-bond donors (Lipinski definition) is 1. The summed E-state index contributed by atoms with van der Waals surface area (Å²) < 4.78 is 7.60. The summed E-state index contributed by atoms with van der Waals surface area (Å²) in [6.45, 7) is 2.64. The molecule has 26 heavy (non-hydrogen) atoms. The number of carbonyl (C=O) groups excluding carboxylic acids is 1. The Bertz CT molecular complexity index is 920. The maximum atomic E-state index is 12.4. The summed E-state index contributed by atoms with van der Waals surface area (Å²) in [4.78, 5) is 20.8. The van der Waals surface area contributed by atoms with Crippen LogP contribution < -0.4 is 10.1 Å². The van der Waals surface area contributed by atoms with Crippen LogP contribution in [0.25, 0.3) is 0 Å². The molecular formula is C19H19N5O2. The Kier molecular flexibility index (Phi) is 4.35. The minimum atomic E-state index is -0.194. The molecule has 3 heterocycles. The first-order valence-corrected chi connectivity index (χ1v) is 8.55. The van der Waals surface area contributed by atoms with Crippen molar-refractivity contribution in [2.24, 2.45) is 0 Å². The highest BCUT2D eigenvalue weighted by Crippen LogP contribution is 2.21. The molecule has 0 saturated heterocycles. The van der Waals surface area contributed by atoms with Crippen molar-refractivity contribution in [2.45, 2.75) is 32.4 Å². The van der Waals surface area contributed by atoms with Crippen molar-refractivity contribution >= 4 is 5.91 Å². The SMILES string of the molecule is Cc1cccc(Oc2ccc(C(=O)NC3CCc4ncnn4C3)nc2)c1. The lowest BCUT2D eigenvalue weighted by atomic mass is 10.1. The fourth-order valence-electron chi connectivity index (χ4n) is 3.00. The van der Waals surface area contributed by atoms with Crippen molar-refractivity contribution < 1.29 is 9.53 Å². The van der Waals surface area contributed by atoms with Gasteiger partial charge in [0.05, 0.1) is 12.7 Å². The Labute approximate surface area is 151 Å². The molecule has 1 amide bonds. The van der Waals surface area contributed by atoms with Gasteiger partial charge in [0.2, 0.25) is 0 Å². The number of hydrogen-bond acceptors (Lipinski definition) is 5. The molecule has 1 aromatic carbocycles. The van der Waals surface area contributed by atoms with Gasteiger partial charge >= 0.3 is 0 Å². The molecular weight excluding hydrogens is 330 g/mol. The fourth-order valence-corrected chi connectivity index (χ4v) is 3.00. The maximum absolute atomic E-state index is 12.4. The number of pyridine rings is 1. The van der Waals surface area contributed by atoms with Gasteiger partial charge in [-0.25, -0.2) is 14.6 Å². The summed E-state index contributed by atoms with van der Waals surface area (Å²) in [5.74, 6) is 2.11. The van der Waals surface area contributed by atoms with E-state index in [0.717, 1.165) is 30.0 Å². The molecule has 1 unspecified atom stereocenters. The number of fused-ring (bicyclic) bond motifs is 1. The van der Waals surface area contributed by atoms with Crippen LogP contribution >= 0.6 is 0 Å². The third-order valence-electron chi connectivity index (χ3n) is 4.33. The number of carbonyl (C=O) groups is 1. The first-order chi connectivity index (χ1) is 12.7. The predicted octanol–water partition coefficient (Wildman–Crippen LogP) is 2.52. The number of aryl methyl sites for hydroxylation is 2. The van der Waals surface area contributed by atoms with Crippen LogP contribution in [0.1, 0.15) is 28.3 Å². The van der Waals surface area contributed by atoms with Gasteiger partial charge in [-0.3, -0.25) is 4.79 Å². The van der Waals surface area contributed by atoms with E-state index in [9.17, 15) is 4.79 Å². The van der Waals surface area contributed by atoms with Gasteiger partial charge < -0.3 is 10.1 Å². The molecule has 0 bridgehead atoms. The Balaban J connectivity index is 1.38. The van der Waals surface area contributed by atoms with Crippen LogP contribution in [-0.4, -0.2) is 31.7 Å². The molecule has 1 N–H and O–H groups in total. The van der Waals surface area contributed by atoms with Crippen molar-refractivity contribution in [1.29, 1.82) is 0 Å². The van der Waals surface area contributed by atoms with E-state index in [0.29, 0.717) is 18.0 Å². The molecule has 2 aromatic heterocycles. The minimum absolute atomic E-state index is 0.0294. The van der Waals surface area contributed by atoms with E-state index in [4.69, 9.17) is 4.74 Å². The molecule has 7 heteroatoms. The van der Waals surface area contributed by atoms with Crippen molar-refractivity contribution in [3.63, 3.8) is 0 Å². The molecule has 0 spiro atoms. The predicted molar refractivity (Wildman–Crippen MR) is 95.1 cm³/mol. The Morgan fingerprint density at radius 1 is 1.23 bits per heavy atom. The summed E-state index contributed by atoms with van der Waals surface area (Å²) >= 11 is 0. The Morgan fingerprint density at radius 3 is 2.96 bits per heavy atom. The maximum Gasteiger partial charge on any atom is 0.270 e. The van der Waals surface area contributed by atoms with Gasteiger partial charge in [-0.15, -0.1) is 0 Å². The van der Waals surface area contributed by atoms with E-state index < -0.39 is 0 Å². The number of amides is 1. The van der Waals surface area contributed by atoms with Crippen LogP contribution in [0, 0.1) is 6.92 Å². The fraction of sp³-hybridized carbons (Fsp3) is 0.263. The van der Waals surface area contributed by atoms with Gasteiger partial charge in [0, 0.05) is 12.5 Å². The van der Waals surface area contributed by atoms with Crippen LogP contribution in [0.2, 0.25) is 0 Å². The second-order valence-electron chi connectivity index (χ2n) is 6.37. The van der Waals surface area contributed by atoms with Crippen molar-refractivity contribution in [2.75, 3.05) is 0 Å².